The molecule has 0 atom stereocenters. The lowest BCUT2D eigenvalue weighted by atomic mass is 10.6. The first-order valence-corrected chi connectivity index (χ1v) is 2.44. The van der Waals surface area contributed by atoms with Crippen molar-refractivity contribution < 1.29 is 4.84 Å². The third-order valence-electron chi connectivity index (χ3n) is 0.872. The van der Waals surface area contributed by atoms with Crippen molar-refractivity contribution in [2.24, 2.45) is 5.16 Å². The molecular weight excluding hydrogens is 104 g/mol. The zero-order valence-corrected chi connectivity index (χ0v) is 4.58. The van der Waals surface area contributed by atoms with Crippen molar-refractivity contribution in [2.75, 3.05) is 13.3 Å². The fourth-order valence-electron chi connectivity index (χ4n) is 0.506. The molecular formula is C5H8N2O. The molecule has 0 unspecified atom stereocenters. The van der Waals surface area contributed by atoms with Gasteiger partial charge >= 0.3 is 0 Å². The number of rotatable bonds is 2. The monoisotopic (exact) mass is 112 g/mol. The van der Waals surface area contributed by atoms with Crippen LogP contribution in [0.4, 0.5) is 0 Å². The van der Waals surface area contributed by atoms with E-state index in [2.05, 4.69) is 16.6 Å². The van der Waals surface area contributed by atoms with E-state index in [1.807, 2.05) is 4.90 Å². The van der Waals surface area contributed by atoms with E-state index in [0.29, 0.717) is 6.73 Å². The van der Waals surface area contributed by atoms with Crippen molar-refractivity contribution in [3.8, 4) is 0 Å². The van der Waals surface area contributed by atoms with Gasteiger partial charge in [0, 0.05) is 6.54 Å². The Kier molecular flexibility index (Phi) is 1.51. The van der Waals surface area contributed by atoms with Crippen LogP contribution in [-0.2, 0) is 4.84 Å². The summed E-state index contributed by atoms with van der Waals surface area (Å²) < 4.78 is 0. The lowest BCUT2D eigenvalue weighted by molar-refractivity contribution is 0.115. The maximum Gasteiger partial charge on any atom is 0.190 e. The third kappa shape index (κ3) is 0.992. The lowest BCUT2D eigenvalue weighted by Gasteiger charge is -2.05. The zero-order valence-electron chi connectivity index (χ0n) is 4.58. The molecule has 0 aliphatic carbocycles. The van der Waals surface area contributed by atoms with E-state index in [4.69, 9.17) is 0 Å². The van der Waals surface area contributed by atoms with Gasteiger partial charge in [-0.1, -0.05) is 11.2 Å². The average molecular weight is 112 g/mol. The molecule has 0 aromatic carbocycles. The second kappa shape index (κ2) is 2.35. The molecule has 0 bridgehead atoms. The van der Waals surface area contributed by atoms with E-state index >= 15 is 0 Å². The summed E-state index contributed by atoms with van der Waals surface area (Å²) in [7, 11) is 0. The predicted octanol–water partition coefficient (Wildman–Crippen LogP) is 0.405. The Bertz CT molecular complexity index is 111. The van der Waals surface area contributed by atoms with Gasteiger partial charge in [-0.05, 0) is 0 Å². The summed E-state index contributed by atoms with van der Waals surface area (Å²) in [5, 5.41) is 3.54. The molecule has 1 heterocycles. The van der Waals surface area contributed by atoms with Crippen molar-refractivity contribution in [1.82, 2.24) is 4.90 Å². The normalized spacial score (nSPS) is 16.2. The average Bonchev–Trinajstić information content (AvgIpc) is 2.19. The van der Waals surface area contributed by atoms with Gasteiger partial charge in [0.2, 0.25) is 0 Å². The molecule has 0 radical (unpaired) electrons. The van der Waals surface area contributed by atoms with Crippen LogP contribution in [0.3, 0.4) is 0 Å². The summed E-state index contributed by atoms with van der Waals surface area (Å²) >= 11 is 0. The maximum atomic E-state index is 4.66. The van der Waals surface area contributed by atoms with Crippen LogP contribution < -0.4 is 0 Å². The molecule has 3 heteroatoms. The van der Waals surface area contributed by atoms with Crippen LogP contribution in [-0.4, -0.2) is 24.5 Å². The number of hydrogen-bond acceptors (Lipinski definition) is 3. The Morgan fingerprint density at radius 1 is 2.00 bits per heavy atom. The van der Waals surface area contributed by atoms with Gasteiger partial charge in [0.25, 0.3) is 0 Å². The zero-order chi connectivity index (χ0) is 5.82. The Hall–Kier alpha value is -0.990. The third-order valence-corrected chi connectivity index (χ3v) is 0.872. The van der Waals surface area contributed by atoms with Crippen molar-refractivity contribution in [2.45, 2.75) is 0 Å². The van der Waals surface area contributed by atoms with E-state index in [-0.39, 0.29) is 0 Å². The first-order valence-electron chi connectivity index (χ1n) is 2.44. The van der Waals surface area contributed by atoms with Gasteiger partial charge in [0.1, 0.15) is 6.34 Å². The Labute approximate surface area is 48.2 Å². The quantitative estimate of drug-likeness (QED) is 0.483. The van der Waals surface area contributed by atoms with Crippen LogP contribution in [0.15, 0.2) is 17.8 Å². The van der Waals surface area contributed by atoms with Gasteiger partial charge in [0.15, 0.2) is 6.73 Å². The Morgan fingerprint density at radius 3 is 3.38 bits per heavy atom. The summed E-state index contributed by atoms with van der Waals surface area (Å²) in [5.74, 6) is 0. The molecule has 0 amide bonds. The predicted molar refractivity (Wildman–Crippen MR) is 31.3 cm³/mol. The van der Waals surface area contributed by atoms with Crippen molar-refractivity contribution in [3.05, 3.63) is 12.7 Å². The highest BCUT2D eigenvalue weighted by atomic mass is 16.6. The fourth-order valence-corrected chi connectivity index (χ4v) is 0.506. The molecule has 0 saturated heterocycles. The molecule has 3 nitrogen and oxygen atoms in total. The molecule has 8 heavy (non-hydrogen) atoms. The summed E-state index contributed by atoms with van der Waals surface area (Å²) in [6.07, 6.45) is 3.46. The van der Waals surface area contributed by atoms with E-state index in [0.717, 1.165) is 6.54 Å². The van der Waals surface area contributed by atoms with Crippen molar-refractivity contribution in [3.63, 3.8) is 0 Å². The van der Waals surface area contributed by atoms with Crippen LogP contribution in [0.5, 0.6) is 0 Å². The van der Waals surface area contributed by atoms with Gasteiger partial charge in [-0.3, -0.25) is 0 Å². The highest BCUT2D eigenvalue weighted by molar-refractivity contribution is 5.55. The fraction of sp³-hybridized carbons (Fsp3) is 0.400. The molecule has 0 N–H and O–H groups in total. The van der Waals surface area contributed by atoms with Crippen LogP contribution >= 0.6 is 0 Å². The number of hydrogen-bond donors (Lipinski definition) is 0. The second-order valence-corrected chi connectivity index (χ2v) is 1.54. The van der Waals surface area contributed by atoms with Crippen LogP contribution in [0.25, 0.3) is 0 Å². The minimum Gasteiger partial charge on any atom is -0.372 e. The van der Waals surface area contributed by atoms with E-state index in [9.17, 15) is 0 Å². The molecule has 0 aromatic rings. The van der Waals surface area contributed by atoms with E-state index in [1.165, 1.54) is 0 Å². The minimum absolute atomic E-state index is 0.562. The lowest BCUT2D eigenvalue weighted by Crippen LogP contribution is -2.18. The highest BCUT2D eigenvalue weighted by Gasteiger charge is 2.01. The minimum atomic E-state index is 0.562. The van der Waals surface area contributed by atoms with Gasteiger partial charge in [-0.25, -0.2) is 0 Å². The largest absolute Gasteiger partial charge is 0.372 e. The van der Waals surface area contributed by atoms with Gasteiger partial charge in [0.05, 0.1) is 0 Å². The molecule has 1 aliphatic rings. The van der Waals surface area contributed by atoms with Gasteiger partial charge < -0.3 is 9.74 Å². The van der Waals surface area contributed by atoms with Crippen molar-refractivity contribution in [1.29, 1.82) is 0 Å². The van der Waals surface area contributed by atoms with E-state index in [1.54, 1.807) is 12.4 Å². The van der Waals surface area contributed by atoms with Gasteiger partial charge in [-0.2, -0.15) is 0 Å². The molecule has 1 rings (SSSR count). The van der Waals surface area contributed by atoms with Crippen LogP contribution in [0, 0.1) is 0 Å². The second-order valence-electron chi connectivity index (χ2n) is 1.54. The standard InChI is InChI=1S/C5H8N2O/c1-2-3-7-4-6-8-5-7/h2,4H,1,3,5H2. The summed E-state index contributed by atoms with van der Waals surface area (Å²) in [6.45, 7) is 4.94. The summed E-state index contributed by atoms with van der Waals surface area (Å²) in [5.41, 5.74) is 0. The molecule has 1 aliphatic heterocycles. The summed E-state index contributed by atoms with van der Waals surface area (Å²) in [6, 6.07) is 0. The Balaban J connectivity index is 2.25. The van der Waals surface area contributed by atoms with Crippen LogP contribution in [0.2, 0.25) is 0 Å². The topological polar surface area (TPSA) is 24.8 Å². The van der Waals surface area contributed by atoms with E-state index < -0.39 is 0 Å². The smallest absolute Gasteiger partial charge is 0.190 e. The number of nitrogens with zero attached hydrogens (tertiary/aromatic N) is 2. The van der Waals surface area contributed by atoms with Gasteiger partial charge in [-0.15, -0.1) is 6.58 Å². The first-order chi connectivity index (χ1) is 3.93. The molecule has 0 aromatic heterocycles. The van der Waals surface area contributed by atoms with Crippen molar-refractivity contribution >= 4 is 6.34 Å². The number of oxime groups is 1. The first kappa shape index (κ1) is 5.15. The Morgan fingerprint density at radius 2 is 2.88 bits per heavy atom. The molecule has 0 saturated carbocycles. The molecule has 0 spiro atoms. The summed E-state index contributed by atoms with van der Waals surface area (Å²) in [4.78, 5) is 6.57. The van der Waals surface area contributed by atoms with Crippen LogP contribution in [0.1, 0.15) is 0 Å². The molecule has 44 valence electrons. The SMILES string of the molecule is C=CCN1C=NOC1. The maximum absolute atomic E-state index is 4.66. The molecule has 0 fully saturated rings. The highest BCUT2D eigenvalue weighted by Crippen LogP contribution is 1.92.